The largest absolute Gasteiger partial charge is 0.479 e. The summed E-state index contributed by atoms with van der Waals surface area (Å²) in [5.74, 6) is 0.232. The van der Waals surface area contributed by atoms with Crippen molar-refractivity contribution in [3.63, 3.8) is 0 Å². The standard InChI is InChI=1S/C44H65N5O8S/c1-12-13-14-15-16-17-18-19-20-34(40(50)51)56-33-26-23-31(44(9,10)28-42(3,4)5)27-35(33)57-58(53)48-29(2)38-45-46-39-36(37(43(6,7)8)47-49(38)39)55-32-24-21-30(22-25-32)41(52)54-11/h21-27,29,34,47-48H,12-20,28H2,1-11H3,(H,50,51). The normalized spacial score (nSPS) is 13.9. The average molecular weight is 824 g/mol. The number of hydrogen-bond acceptors (Lipinski definition) is 9. The van der Waals surface area contributed by atoms with Gasteiger partial charge in [-0.2, -0.15) is 8.93 Å². The predicted molar refractivity (Wildman–Crippen MR) is 227 cm³/mol. The zero-order chi connectivity index (χ0) is 42.8. The summed E-state index contributed by atoms with van der Waals surface area (Å²) in [7, 11) is 1.33. The molecule has 0 aliphatic carbocycles. The molecule has 3 atom stereocenters. The molecule has 0 aliphatic heterocycles. The maximum Gasteiger partial charge on any atom is 0.344 e. The van der Waals surface area contributed by atoms with Gasteiger partial charge in [0.15, 0.2) is 29.2 Å². The van der Waals surface area contributed by atoms with Crippen LogP contribution < -0.4 is 18.4 Å². The maximum atomic E-state index is 13.8. The highest BCUT2D eigenvalue weighted by Gasteiger charge is 2.32. The van der Waals surface area contributed by atoms with Gasteiger partial charge in [0.1, 0.15) is 5.75 Å². The molecule has 0 radical (unpaired) electrons. The lowest BCUT2D eigenvalue weighted by Gasteiger charge is -2.33. The number of fused-ring (bicyclic) bond motifs is 1. The number of ether oxygens (including phenoxy) is 3. The van der Waals surface area contributed by atoms with Crippen molar-refractivity contribution in [2.75, 3.05) is 7.11 Å². The number of rotatable bonds is 22. The molecule has 0 spiro atoms. The number of aromatic nitrogens is 4. The third kappa shape index (κ3) is 12.8. The van der Waals surface area contributed by atoms with Crippen molar-refractivity contribution in [2.24, 2.45) is 5.41 Å². The van der Waals surface area contributed by atoms with Gasteiger partial charge in [0.25, 0.3) is 11.3 Å². The quantitative estimate of drug-likeness (QED) is 0.0513. The lowest BCUT2D eigenvalue weighted by atomic mass is 9.72. The Labute approximate surface area is 346 Å². The van der Waals surface area contributed by atoms with Crippen molar-refractivity contribution >= 4 is 28.9 Å². The van der Waals surface area contributed by atoms with Gasteiger partial charge in [-0.3, -0.25) is 5.10 Å². The minimum Gasteiger partial charge on any atom is -0.479 e. The van der Waals surface area contributed by atoms with E-state index in [1.54, 1.807) is 47.8 Å². The third-order valence-electron chi connectivity index (χ3n) is 9.97. The Morgan fingerprint density at radius 3 is 2.12 bits per heavy atom. The molecule has 320 valence electrons. The zero-order valence-corrected chi connectivity index (χ0v) is 37.1. The van der Waals surface area contributed by atoms with E-state index in [1.165, 1.54) is 32.8 Å². The molecule has 4 rings (SSSR count). The number of carboxylic acid groups (broad SMARTS) is 1. The van der Waals surface area contributed by atoms with Crippen LogP contribution in [0.3, 0.4) is 0 Å². The number of carbonyl (C=O) groups is 2. The summed E-state index contributed by atoms with van der Waals surface area (Å²) in [6.45, 7) is 20.9. The molecule has 13 nitrogen and oxygen atoms in total. The molecular weight excluding hydrogens is 759 g/mol. The number of hydrogen-bond donors (Lipinski definition) is 3. The van der Waals surface area contributed by atoms with E-state index >= 15 is 0 Å². The SMILES string of the molecule is CCCCCCCCCCC(Oc1ccc(C(C)(C)CC(C)(C)C)cc1OS(=O)NC(C)c1nnc2c(Oc3ccc(C(=O)OC)cc3)c(C(C)(C)C)[nH]n12)C(=O)O. The Hall–Kier alpha value is -4.43. The van der Waals surface area contributed by atoms with E-state index in [1.807, 2.05) is 26.8 Å². The minimum absolute atomic E-state index is 0.0260. The van der Waals surface area contributed by atoms with Crippen LogP contribution in [0.25, 0.3) is 5.65 Å². The van der Waals surface area contributed by atoms with Gasteiger partial charge in [-0.15, -0.1) is 10.2 Å². The first-order chi connectivity index (χ1) is 27.2. The van der Waals surface area contributed by atoms with Crippen LogP contribution in [-0.4, -0.2) is 54.3 Å². The molecular formula is C44H65N5O8S. The van der Waals surface area contributed by atoms with Gasteiger partial charge >= 0.3 is 11.9 Å². The monoisotopic (exact) mass is 823 g/mol. The number of unbranched alkanes of at least 4 members (excludes halogenated alkanes) is 7. The molecule has 58 heavy (non-hydrogen) atoms. The van der Waals surface area contributed by atoms with E-state index < -0.39 is 40.8 Å². The summed E-state index contributed by atoms with van der Waals surface area (Å²) in [6.07, 6.45) is 8.85. The van der Waals surface area contributed by atoms with Crippen molar-refractivity contribution in [2.45, 2.75) is 156 Å². The highest BCUT2D eigenvalue weighted by Crippen LogP contribution is 2.41. The summed E-state index contributed by atoms with van der Waals surface area (Å²) < 4.78 is 41.8. The molecule has 3 N–H and O–H groups in total. The van der Waals surface area contributed by atoms with Gasteiger partial charge in [-0.1, -0.05) is 113 Å². The molecule has 0 amide bonds. The van der Waals surface area contributed by atoms with Crippen LogP contribution in [0.5, 0.6) is 23.0 Å². The number of H-pyrrole nitrogens is 1. The number of esters is 1. The fourth-order valence-electron chi connectivity index (χ4n) is 7.28. The first-order valence-corrected chi connectivity index (χ1v) is 21.6. The van der Waals surface area contributed by atoms with Gasteiger partial charge in [0.2, 0.25) is 5.65 Å². The Bertz CT molecular complexity index is 1990. The summed E-state index contributed by atoms with van der Waals surface area (Å²) in [5.41, 5.74) is 1.84. The van der Waals surface area contributed by atoms with Crippen LogP contribution in [-0.2, 0) is 31.6 Å². The molecule has 3 unspecified atom stereocenters. The Kier molecular flexibility index (Phi) is 16.0. The molecule has 2 heterocycles. The summed E-state index contributed by atoms with van der Waals surface area (Å²) in [6, 6.07) is 11.4. The van der Waals surface area contributed by atoms with Crippen LogP contribution >= 0.6 is 0 Å². The first-order valence-electron chi connectivity index (χ1n) is 20.5. The van der Waals surface area contributed by atoms with Gasteiger partial charge in [0, 0.05) is 5.41 Å². The van der Waals surface area contributed by atoms with Crippen molar-refractivity contribution in [3.8, 4) is 23.0 Å². The average Bonchev–Trinajstić information content (AvgIpc) is 3.72. The number of carbonyl (C=O) groups excluding carboxylic acids is 1. The smallest absolute Gasteiger partial charge is 0.344 e. The molecule has 2 aromatic heterocycles. The lowest BCUT2D eigenvalue weighted by molar-refractivity contribution is -0.145. The molecule has 14 heteroatoms. The number of nitrogens with one attached hydrogen (secondary N) is 2. The fourth-order valence-corrected chi connectivity index (χ4v) is 8.02. The second kappa shape index (κ2) is 20.0. The van der Waals surface area contributed by atoms with E-state index in [0.29, 0.717) is 35.0 Å². The van der Waals surface area contributed by atoms with Gasteiger partial charge < -0.3 is 23.5 Å². The lowest BCUT2D eigenvalue weighted by Crippen LogP contribution is -2.29. The Balaban J connectivity index is 1.57. The number of benzene rings is 2. The Morgan fingerprint density at radius 2 is 1.53 bits per heavy atom. The number of aliphatic carboxylic acids is 1. The highest BCUT2D eigenvalue weighted by atomic mass is 32.2. The van der Waals surface area contributed by atoms with Crippen LogP contribution in [0.15, 0.2) is 42.5 Å². The van der Waals surface area contributed by atoms with Crippen LogP contribution in [0.4, 0.5) is 0 Å². The third-order valence-corrected chi connectivity index (χ3v) is 10.9. The van der Waals surface area contributed by atoms with E-state index in [0.717, 1.165) is 43.4 Å². The second-order valence-electron chi connectivity index (χ2n) is 18.0. The second-order valence-corrected chi connectivity index (χ2v) is 18.9. The molecule has 0 fully saturated rings. The van der Waals surface area contributed by atoms with Crippen LogP contribution in [0.1, 0.15) is 167 Å². The van der Waals surface area contributed by atoms with Crippen LogP contribution in [0, 0.1) is 5.41 Å². The van der Waals surface area contributed by atoms with E-state index in [2.05, 4.69) is 61.6 Å². The van der Waals surface area contributed by atoms with Crippen molar-refractivity contribution in [1.82, 2.24) is 24.5 Å². The predicted octanol–water partition coefficient (Wildman–Crippen LogP) is 10.3. The topological polar surface area (TPSA) is 166 Å². The summed E-state index contributed by atoms with van der Waals surface area (Å²) >= 11 is -2.13. The minimum atomic E-state index is -2.13. The zero-order valence-electron chi connectivity index (χ0n) is 36.3. The molecule has 2 aromatic carbocycles. The van der Waals surface area contributed by atoms with Crippen molar-refractivity contribution in [3.05, 3.63) is 65.1 Å². The van der Waals surface area contributed by atoms with Crippen LogP contribution in [0.2, 0.25) is 0 Å². The summed E-state index contributed by atoms with van der Waals surface area (Å²) in [4.78, 5) is 24.4. The number of carboxylic acids is 1. The number of methoxy groups -OCH3 is 1. The van der Waals surface area contributed by atoms with Gasteiger partial charge in [-0.25, -0.2) is 14.1 Å². The molecule has 0 aliphatic rings. The Morgan fingerprint density at radius 1 is 0.897 bits per heavy atom. The van der Waals surface area contributed by atoms with E-state index in [4.69, 9.17) is 18.4 Å². The van der Waals surface area contributed by atoms with Crippen molar-refractivity contribution < 1.29 is 37.3 Å². The molecule has 0 saturated heterocycles. The summed E-state index contributed by atoms with van der Waals surface area (Å²) in [5, 5.41) is 22.3. The van der Waals surface area contributed by atoms with Gasteiger partial charge in [0.05, 0.1) is 24.4 Å². The molecule has 4 aromatic rings. The molecule has 0 bridgehead atoms. The van der Waals surface area contributed by atoms with Gasteiger partial charge in [-0.05, 0) is 79.0 Å². The highest BCUT2D eigenvalue weighted by molar-refractivity contribution is 7.78. The van der Waals surface area contributed by atoms with Crippen molar-refractivity contribution in [1.29, 1.82) is 0 Å². The molecule has 0 saturated carbocycles. The van der Waals surface area contributed by atoms with E-state index in [9.17, 15) is 18.9 Å². The number of nitrogens with zero attached hydrogens (tertiary/aromatic N) is 3. The van der Waals surface area contributed by atoms with E-state index in [-0.39, 0.29) is 22.3 Å². The number of aromatic amines is 1. The maximum absolute atomic E-state index is 13.8. The fraction of sp³-hybridized carbons (Fsp3) is 0.591. The first kappa shape index (κ1) is 46.3.